The second kappa shape index (κ2) is 8.36. The number of fused-ring (bicyclic) bond motifs is 1. The number of nitrogens with zero attached hydrogens (tertiary/aromatic N) is 5. The number of ether oxygens (including phenoxy) is 1. The molecule has 174 valence electrons. The monoisotopic (exact) mass is 481 g/mol. The van der Waals surface area contributed by atoms with E-state index in [9.17, 15) is 8.78 Å². The molecule has 34 heavy (non-hydrogen) atoms. The Balaban J connectivity index is 1.41. The van der Waals surface area contributed by atoms with E-state index in [1.807, 2.05) is 17.8 Å². The summed E-state index contributed by atoms with van der Waals surface area (Å²) >= 11 is 5.78. The van der Waals surface area contributed by atoms with Crippen LogP contribution in [0.3, 0.4) is 0 Å². The van der Waals surface area contributed by atoms with Gasteiger partial charge in [-0.05, 0) is 56.9 Å². The molecule has 1 saturated carbocycles. The van der Waals surface area contributed by atoms with Crippen molar-refractivity contribution in [2.24, 2.45) is 0 Å². The van der Waals surface area contributed by atoms with E-state index < -0.39 is 11.6 Å². The van der Waals surface area contributed by atoms with Crippen LogP contribution in [0, 0.1) is 18.6 Å². The van der Waals surface area contributed by atoms with Gasteiger partial charge in [-0.15, -0.1) is 0 Å². The molecule has 1 aliphatic carbocycles. The van der Waals surface area contributed by atoms with Gasteiger partial charge in [-0.25, -0.2) is 23.7 Å². The lowest BCUT2D eigenvalue weighted by Gasteiger charge is -2.28. The minimum absolute atomic E-state index is 0.0197. The highest BCUT2D eigenvalue weighted by molar-refractivity contribution is 6.30. The molecule has 4 aromatic rings. The summed E-state index contributed by atoms with van der Waals surface area (Å²) in [6.45, 7) is 2.41. The van der Waals surface area contributed by atoms with Crippen molar-refractivity contribution in [1.82, 2.24) is 24.7 Å². The van der Waals surface area contributed by atoms with E-state index >= 15 is 0 Å². The van der Waals surface area contributed by atoms with Gasteiger partial charge in [0.25, 0.3) is 0 Å². The minimum Gasteiger partial charge on any atom is -0.373 e. The first-order chi connectivity index (χ1) is 16.5. The maximum atomic E-state index is 14.9. The zero-order valence-corrected chi connectivity index (χ0v) is 19.3. The third-order valence-electron chi connectivity index (χ3n) is 6.54. The predicted octanol–water partition coefficient (Wildman–Crippen LogP) is 6.10. The highest BCUT2D eigenvalue weighted by atomic mass is 35.5. The van der Waals surface area contributed by atoms with Crippen LogP contribution in [0.2, 0.25) is 5.02 Å². The van der Waals surface area contributed by atoms with E-state index in [1.165, 1.54) is 0 Å². The first kappa shape index (κ1) is 21.6. The lowest BCUT2D eigenvalue weighted by molar-refractivity contribution is 0.00396. The van der Waals surface area contributed by atoms with Crippen molar-refractivity contribution in [1.29, 1.82) is 0 Å². The van der Waals surface area contributed by atoms with Gasteiger partial charge in [-0.1, -0.05) is 11.6 Å². The van der Waals surface area contributed by atoms with Crippen molar-refractivity contribution in [3.63, 3.8) is 0 Å². The van der Waals surface area contributed by atoms with E-state index in [1.54, 1.807) is 12.1 Å². The Kier molecular flexibility index (Phi) is 5.30. The highest BCUT2D eigenvalue weighted by Crippen LogP contribution is 2.40. The van der Waals surface area contributed by atoms with Crippen LogP contribution >= 0.6 is 11.6 Å². The molecule has 1 saturated heterocycles. The van der Waals surface area contributed by atoms with Crippen molar-refractivity contribution in [2.45, 2.75) is 50.7 Å². The first-order valence-electron chi connectivity index (χ1n) is 11.4. The molecule has 0 unspecified atom stereocenters. The normalized spacial score (nSPS) is 20.7. The summed E-state index contributed by atoms with van der Waals surface area (Å²) in [4.78, 5) is 14.1. The largest absolute Gasteiger partial charge is 0.373 e. The number of hydrogen-bond acceptors (Lipinski definition) is 5. The Morgan fingerprint density at radius 1 is 1.06 bits per heavy atom. The van der Waals surface area contributed by atoms with E-state index in [2.05, 4.69) is 16.3 Å². The van der Waals surface area contributed by atoms with Crippen LogP contribution in [0.4, 0.5) is 8.78 Å². The van der Waals surface area contributed by atoms with Crippen LogP contribution in [-0.4, -0.2) is 31.3 Å². The zero-order valence-electron chi connectivity index (χ0n) is 18.5. The average Bonchev–Trinajstić information content (AvgIpc) is 3.57. The molecule has 9 heteroatoms. The van der Waals surface area contributed by atoms with Crippen molar-refractivity contribution < 1.29 is 13.5 Å². The molecule has 1 aliphatic heterocycles. The van der Waals surface area contributed by atoms with Crippen LogP contribution in [0.5, 0.6) is 0 Å². The molecule has 4 heterocycles. The lowest BCUT2D eigenvalue weighted by Crippen LogP contribution is -2.20. The molecular weight excluding hydrogens is 460 g/mol. The molecule has 2 fully saturated rings. The van der Waals surface area contributed by atoms with E-state index in [4.69, 9.17) is 26.3 Å². The van der Waals surface area contributed by atoms with Gasteiger partial charge < -0.3 is 4.74 Å². The van der Waals surface area contributed by atoms with Crippen molar-refractivity contribution in [3.8, 4) is 11.3 Å². The fraction of sp³-hybridized carbons (Fsp3) is 0.360. The first-order valence-corrected chi connectivity index (χ1v) is 11.8. The third-order valence-corrected chi connectivity index (χ3v) is 6.83. The zero-order chi connectivity index (χ0) is 23.4. The number of pyridine rings is 1. The standard InChI is InChI=1S/C25H22ClF2N5O/c1-13-2-5-17-23(18-9-21(28)19(26)10-20(18)27)31-24(32-25(17)30-13)14-6-7-34-22(8-14)15-11-29-33(12-15)16-3-4-16/h2,5,9-12,14,16,22H,3-4,6-8H2,1H3/t14-,22+/m0/s1. The minimum atomic E-state index is -0.703. The fourth-order valence-electron chi connectivity index (χ4n) is 4.53. The van der Waals surface area contributed by atoms with Gasteiger partial charge in [-0.3, -0.25) is 4.68 Å². The van der Waals surface area contributed by atoms with Gasteiger partial charge in [-0.2, -0.15) is 5.10 Å². The summed E-state index contributed by atoms with van der Waals surface area (Å²) in [5.41, 5.74) is 2.63. The Morgan fingerprint density at radius 2 is 1.91 bits per heavy atom. The molecule has 2 atom stereocenters. The molecule has 0 radical (unpaired) electrons. The van der Waals surface area contributed by atoms with Crippen molar-refractivity contribution in [3.05, 3.63) is 70.4 Å². The predicted molar refractivity (Wildman–Crippen MR) is 124 cm³/mol. The van der Waals surface area contributed by atoms with E-state index in [0.29, 0.717) is 41.6 Å². The average molecular weight is 482 g/mol. The molecule has 1 aromatic carbocycles. The molecule has 3 aromatic heterocycles. The van der Waals surface area contributed by atoms with Gasteiger partial charge in [0.1, 0.15) is 17.5 Å². The summed E-state index contributed by atoms with van der Waals surface area (Å²) in [7, 11) is 0. The number of halogens is 3. The Morgan fingerprint density at radius 3 is 2.74 bits per heavy atom. The maximum Gasteiger partial charge on any atom is 0.163 e. The molecule has 0 N–H and O–H groups in total. The van der Waals surface area contributed by atoms with Crippen LogP contribution in [0.15, 0.2) is 36.7 Å². The summed E-state index contributed by atoms with van der Waals surface area (Å²) in [5.74, 6) is -0.813. The fourth-order valence-corrected chi connectivity index (χ4v) is 4.69. The van der Waals surface area contributed by atoms with E-state index in [0.717, 1.165) is 42.7 Å². The van der Waals surface area contributed by atoms with Crippen molar-refractivity contribution in [2.75, 3.05) is 6.61 Å². The second-order valence-electron chi connectivity index (χ2n) is 9.07. The molecule has 6 rings (SSSR count). The van der Waals surface area contributed by atoms with Crippen LogP contribution < -0.4 is 0 Å². The van der Waals surface area contributed by atoms with Crippen molar-refractivity contribution >= 4 is 22.6 Å². The lowest BCUT2D eigenvalue weighted by atomic mass is 9.92. The summed E-state index contributed by atoms with van der Waals surface area (Å²) < 4.78 is 37.2. The summed E-state index contributed by atoms with van der Waals surface area (Å²) in [6, 6.07) is 6.16. The second-order valence-corrected chi connectivity index (χ2v) is 9.47. The van der Waals surface area contributed by atoms with Gasteiger partial charge in [0.15, 0.2) is 5.65 Å². The van der Waals surface area contributed by atoms with Crippen LogP contribution in [0.1, 0.15) is 60.8 Å². The molecule has 0 spiro atoms. The molecule has 0 amide bonds. The maximum absolute atomic E-state index is 14.9. The Bertz CT molecular complexity index is 1400. The van der Waals surface area contributed by atoms with Gasteiger partial charge in [0.05, 0.1) is 29.1 Å². The number of aryl methyl sites for hydroxylation is 1. The highest BCUT2D eigenvalue weighted by Gasteiger charge is 2.31. The van der Waals surface area contributed by atoms with Gasteiger partial charge >= 0.3 is 0 Å². The Labute approximate surface area is 200 Å². The number of hydrogen-bond donors (Lipinski definition) is 0. The molecular formula is C25H22ClF2N5O. The number of aromatic nitrogens is 5. The summed E-state index contributed by atoms with van der Waals surface area (Å²) in [5, 5.41) is 4.78. The molecule has 6 nitrogen and oxygen atoms in total. The van der Waals surface area contributed by atoms with Crippen LogP contribution in [0.25, 0.3) is 22.3 Å². The number of rotatable bonds is 4. The van der Waals surface area contributed by atoms with Gasteiger partial charge in [0.2, 0.25) is 0 Å². The van der Waals surface area contributed by atoms with Gasteiger partial charge in [0, 0.05) is 40.9 Å². The smallest absolute Gasteiger partial charge is 0.163 e. The molecule has 0 bridgehead atoms. The Hall–Kier alpha value is -2.97. The third kappa shape index (κ3) is 3.95. The number of benzene rings is 1. The summed E-state index contributed by atoms with van der Waals surface area (Å²) in [6.07, 6.45) is 7.54. The topological polar surface area (TPSA) is 65.7 Å². The quantitative estimate of drug-likeness (QED) is 0.329. The van der Waals surface area contributed by atoms with E-state index in [-0.39, 0.29) is 22.6 Å². The molecule has 2 aliphatic rings. The SMILES string of the molecule is Cc1ccc2c(-c3cc(F)c(Cl)cc3F)nc([C@H]3CCO[C@@H](c4cnn(C5CC5)c4)C3)nc2n1. The van der Waals surface area contributed by atoms with Crippen LogP contribution in [-0.2, 0) is 4.74 Å².